The molecule has 2 saturated heterocycles. The van der Waals surface area contributed by atoms with Crippen molar-refractivity contribution in [1.82, 2.24) is 77.6 Å². The van der Waals surface area contributed by atoms with Gasteiger partial charge in [0.25, 0.3) is 0 Å². The molecule has 4 aromatic carbocycles. The zero-order valence-corrected chi connectivity index (χ0v) is 67.4. The number of benzene rings is 4. The second-order valence-corrected chi connectivity index (χ2v) is 30.9. The van der Waals surface area contributed by atoms with Gasteiger partial charge in [0.1, 0.15) is 77.7 Å². The quantitative estimate of drug-likeness (QED) is 0.0247. The molecule has 0 unspecified atom stereocenters. The molecule has 5 aliphatic rings. The number of aliphatic hydroxyl groups excluding tert-OH is 1. The number of amides is 12. The van der Waals surface area contributed by atoms with Crippen LogP contribution in [0.1, 0.15) is 105 Å². The SMILES string of the molecule is CC(=O)[O-].COc1ccc(C[C@@H]2NC(=O)[C@H]([C@H](C)O)NC(=O)[C@@H]3[C@@H]4CCN3C(=O)[C@H](Cc3c[nH]c5ccc(F)cc35)NC(=O)[C@H](Cc3cccc(c3)Cn3cc(nn3)CO4)NC(=O)[C@@H](C)NC(=O)[C@H](CNC(=O)CCOCCOCC[N+](C)(C)C)NC(=O)CCC(=O)NCc3ccc(cc3)C[C@@H](C(N)=O)NC(=O)[C@]3(C)CCCN3C2=O)cc1. The van der Waals surface area contributed by atoms with E-state index in [1.807, 2.05) is 21.1 Å². The predicted molar refractivity (Wildman–Crippen MR) is 420 cm³/mol. The van der Waals surface area contributed by atoms with E-state index in [4.69, 9.17) is 34.6 Å². The van der Waals surface area contributed by atoms with Crippen LogP contribution in [0.5, 0.6) is 5.75 Å². The first-order valence-corrected chi connectivity index (χ1v) is 39.1. The number of carboxylic acids is 1. The van der Waals surface area contributed by atoms with Crippen molar-refractivity contribution in [2.75, 3.05) is 80.9 Å². The van der Waals surface area contributed by atoms with E-state index in [1.165, 1.54) is 61.9 Å². The van der Waals surface area contributed by atoms with Crippen molar-refractivity contribution in [2.24, 2.45) is 5.73 Å². The van der Waals surface area contributed by atoms with E-state index >= 15 is 28.4 Å². The van der Waals surface area contributed by atoms with E-state index < -0.39 is 162 Å². The summed E-state index contributed by atoms with van der Waals surface area (Å²) < 4.78 is 40.6. The van der Waals surface area contributed by atoms with Crippen LogP contribution in [0, 0.1) is 5.82 Å². The second-order valence-electron chi connectivity index (χ2n) is 30.9. The summed E-state index contributed by atoms with van der Waals surface area (Å²) in [5.41, 5.74) is 8.23. The number of nitrogens with one attached hydrogen (secondary N) is 10. The number of primary amides is 1. The molecule has 6 aromatic rings. The highest BCUT2D eigenvalue weighted by molar-refractivity contribution is 6.01. The van der Waals surface area contributed by atoms with E-state index in [0.29, 0.717) is 73.2 Å². The zero-order valence-electron chi connectivity index (χ0n) is 67.4. The number of carboxylic acid groups (broad SMARTS) is 1. The van der Waals surface area contributed by atoms with Crippen molar-refractivity contribution < 1.29 is 100 Å². The molecule has 0 aliphatic carbocycles. The summed E-state index contributed by atoms with van der Waals surface area (Å²) in [5.74, 6) is -11.4. The van der Waals surface area contributed by atoms with Gasteiger partial charge in [-0.3, -0.25) is 57.5 Å². The lowest BCUT2D eigenvalue weighted by molar-refractivity contribution is -0.870. The molecule has 37 heteroatoms. The third kappa shape index (κ3) is 25.8. The highest BCUT2D eigenvalue weighted by Gasteiger charge is 2.50. The number of hydrogen-bond acceptors (Lipinski definition) is 21. The number of rotatable bonds is 18. The van der Waals surface area contributed by atoms with Gasteiger partial charge in [-0.15, -0.1) is 5.10 Å². The van der Waals surface area contributed by atoms with Crippen LogP contribution in [0.25, 0.3) is 10.9 Å². The maximum Gasteiger partial charge on any atom is 0.246 e. The number of halogens is 1. The van der Waals surface area contributed by atoms with E-state index in [-0.39, 0.29) is 104 Å². The van der Waals surface area contributed by atoms with Crippen molar-refractivity contribution in [3.05, 3.63) is 148 Å². The molecule has 2 aromatic heterocycles. The number of aliphatic hydroxyl groups is 1. The minimum Gasteiger partial charge on any atom is -0.550 e. The van der Waals surface area contributed by atoms with Crippen molar-refractivity contribution in [3.63, 3.8) is 0 Å². The number of methoxy groups -OCH3 is 1. The molecule has 36 nitrogen and oxygen atoms in total. The van der Waals surface area contributed by atoms with Gasteiger partial charge in [0.05, 0.1) is 86.2 Å². The molecule has 11 rings (SSSR count). The van der Waals surface area contributed by atoms with Crippen LogP contribution >= 0.6 is 0 Å². The normalized spacial score (nSPS) is 23.5. The molecule has 0 spiro atoms. The van der Waals surface area contributed by atoms with Gasteiger partial charge in [-0.05, 0) is 111 Å². The Balaban J connectivity index is 0.00000388. The Morgan fingerprint density at radius 3 is 2.14 bits per heavy atom. The number of hydrogen-bond donors (Lipinski definition) is 12. The summed E-state index contributed by atoms with van der Waals surface area (Å²) in [7, 11) is 7.56. The van der Waals surface area contributed by atoms with Crippen molar-refractivity contribution >= 4 is 87.8 Å². The van der Waals surface area contributed by atoms with Gasteiger partial charge in [0.15, 0.2) is 0 Å². The summed E-state index contributed by atoms with van der Waals surface area (Å²) in [6.07, 6.45) is -1.32. The van der Waals surface area contributed by atoms with Crippen molar-refractivity contribution in [1.29, 1.82) is 0 Å². The van der Waals surface area contributed by atoms with Gasteiger partial charge in [-0.25, -0.2) is 9.07 Å². The lowest BCUT2D eigenvalue weighted by atomic mass is 9.94. The van der Waals surface area contributed by atoms with Gasteiger partial charge < -0.3 is 107 Å². The van der Waals surface area contributed by atoms with E-state index in [9.17, 15) is 38.7 Å². The number of ether oxygens (including phenoxy) is 4. The number of fused-ring (bicyclic) bond motifs is 28. The van der Waals surface area contributed by atoms with Crippen molar-refractivity contribution in [3.8, 4) is 5.75 Å². The third-order valence-corrected chi connectivity index (χ3v) is 20.6. The number of nitrogens with zero attached hydrogens (tertiary/aromatic N) is 6. The number of nitrogens with two attached hydrogens (primary N) is 1. The average Bonchev–Trinajstić information content (AvgIpc) is 1.58. The molecule has 7 heterocycles. The summed E-state index contributed by atoms with van der Waals surface area (Å²) in [6.45, 7) is 5.89. The molecule has 12 amide bonds. The number of aromatic amines is 1. The Labute approximate surface area is 681 Å². The fraction of sp³-hybridized carbons (Fsp3) is 0.494. The zero-order chi connectivity index (χ0) is 85.5. The molecule has 118 heavy (non-hydrogen) atoms. The molecular weight excluding hydrogens is 1530 g/mol. The lowest BCUT2D eigenvalue weighted by Gasteiger charge is -2.37. The van der Waals surface area contributed by atoms with Crippen LogP contribution in [0.2, 0.25) is 0 Å². The number of carbonyl (C=O) groups is 13. The highest BCUT2D eigenvalue weighted by Crippen LogP contribution is 2.32. The smallest absolute Gasteiger partial charge is 0.246 e. The Morgan fingerprint density at radius 1 is 0.754 bits per heavy atom. The van der Waals surface area contributed by atoms with Crippen molar-refractivity contribution in [2.45, 2.75) is 178 Å². The molecule has 10 bridgehead atoms. The molecule has 0 radical (unpaired) electrons. The molecule has 0 saturated carbocycles. The summed E-state index contributed by atoms with van der Waals surface area (Å²) in [4.78, 5) is 190. The van der Waals surface area contributed by atoms with Crippen LogP contribution in [0.15, 0.2) is 103 Å². The summed E-state index contributed by atoms with van der Waals surface area (Å²) >= 11 is 0. The standard InChI is InChI=1S/C79H102FN17O17.C2H4O2/c1-46-71(103)87-60-37-51-10-8-11-52(34-51)43-94-44-55(92-93-94)45-114-64-24-28-95(76(108)62(88-72(60)104)38-53-41-82-58-21-18-54(80)39-57(53)58)69(64)75(107)91-68(47(2)98)74(106)89-61(36-49-16-19-56(111-7)20-17-49)77(109)96-27-9-26-79(96,3)78(110)90-59(70(81)102)35-48-12-14-50(15-13-48)40-83-65(99)22-23-67(101)86-63(73(105)85-46)42-84-66(100)25-30-112-32-33-113-31-29-97(4,5)6;1-2(3)4/h8,10-21,34,39,41,44,46-47,59-64,68-69,82,98H,9,22-33,35-38,40,42-43,45H2,1-7H3,(H10-,81,83,84,85,86,87,88,89,90,91,99,100,101,102,103,104,105,106,107,110);1H3,(H,3,4)/t46-,47+,59+,60+,61+,62+,63+,64+,68+,69+,79+;/m1./s1. The van der Waals surface area contributed by atoms with Gasteiger partial charge in [0.2, 0.25) is 70.9 Å². The van der Waals surface area contributed by atoms with E-state index in [2.05, 4.69) is 63.1 Å². The van der Waals surface area contributed by atoms with Crippen LogP contribution in [0.3, 0.4) is 0 Å². The second kappa shape index (κ2) is 41.9. The van der Waals surface area contributed by atoms with Gasteiger partial charge in [-0.1, -0.05) is 65.9 Å². The van der Waals surface area contributed by atoms with E-state index in [1.54, 1.807) is 79.0 Å². The minimum atomic E-state index is -1.88. The Bertz CT molecular complexity index is 4570. The number of aromatic nitrogens is 4. The van der Waals surface area contributed by atoms with Crippen LogP contribution in [-0.4, -0.2) is 263 Å². The highest BCUT2D eigenvalue weighted by atomic mass is 19.1. The number of aliphatic carboxylic acids is 1. The largest absolute Gasteiger partial charge is 0.550 e. The molecule has 13 N–H and O–H groups in total. The van der Waals surface area contributed by atoms with Gasteiger partial charge in [0, 0.05) is 94.2 Å². The average molecular weight is 1640 g/mol. The predicted octanol–water partition coefficient (Wildman–Crippen LogP) is -2.20. The fourth-order valence-corrected chi connectivity index (χ4v) is 14.1. The number of quaternary nitrogens is 1. The number of carbonyl (C=O) groups excluding carboxylic acids is 13. The molecule has 636 valence electrons. The molecule has 11 atom stereocenters. The van der Waals surface area contributed by atoms with Gasteiger partial charge >= 0.3 is 0 Å². The maximum absolute atomic E-state index is 16.0. The molecule has 2 fully saturated rings. The summed E-state index contributed by atoms with van der Waals surface area (Å²) in [6, 6.07) is 11.5. The molecule has 5 aliphatic heterocycles. The monoisotopic (exact) mass is 1640 g/mol. The first-order chi connectivity index (χ1) is 56.1. The minimum absolute atomic E-state index is 0.0111. The van der Waals surface area contributed by atoms with E-state index in [0.717, 1.165) is 18.4 Å². The number of likely N-dealkylation sites (N-methyl/N-ethyl adjacent to an activating group) is 1. The van der Waals surface area contributed by atoms with Gasteiger partial charge in [-0.2, -0.15) is 0 Å². The van der Waals surface area contributed by atoms with Crippen LogP contribution < -0.4 is 63.4 Å². The third-order valence-electron chi connectivity index (χ3n) is 20.6. The molecular formula is C81H106FN17O19. The van der Waals surface area contributed by atoms with Crippen LogP contribution in [0.4, 0.5) is 4.39 Å². The topological polar surface area (TPSA) is 489 Å². The maximum atomic E-state index is 16.0. The number of H-pyrrole nitrogens is 1. The first-order valence-electron chi connectivity index (χ1n) is 39.1. The Morgan fingerprint density at radius 2 is 1.44 bits per heavy atom. The Kier molecular flexibility index (Phi) is 32.0. The van der Waals surface area contributed by atoms with Crippen LogP contribution in [-0.2, 0) is 122 Å². The fourth-order valence-electron chi connectivity index (χ4n) is 14.1. The Hall–Kier alpha value is -11.8. The summed E-state index contributed by atoms with van der Waals surface area (Å²) in [5, 5.41) is 53.8. The lowest BCUT2D eigenvalue weighted by Crippen LogP contribution is -2.64. The first kappa shape index (κ1) is 90.1.